The van der Waals surface area contributed by atoms with Gasteiger partial charge in [-0.1, -0.05) is 53.0 Å². The molecule has 0 radical (unpaired) electrons. The Bertz CT molecular complexity index is 1130. The first-order valence-corrected chi connectivity index (χ1v) is 9.96. The van der Waals surface area contributed by atoms with E-state index >= 15 is 0 Å². The molecule has 1 aliphatic heterocycles. The number of rotatable bonds is 4. The fourth-order valence-electron chi connectivity index (χ4n) is 3.80. The maximum Gasteiger partial charge on any atom is 0.151 e. The first-order chi connectivity index (χ1) is 14.0. The number of nitrogens with one attached hydrogen (secondary N) is 2. The van der Waals surface area contributed by atoms with Crippen molar-refractivity contribution in [2.24, 2.45) is 4.99 Å². The van der Waals surface area contributed by atoms with Crippen molar-refractivity contribution in [2.75, 3.05) is 6.54 Å². The van der Waals surface area contributed by atoms with Gasteiger partial charge in [-0.15, -0.1) is 0 Å². The second-order valence-electron chi connectivity index (χ2n) is 7.03. The van der Waals surface area contributed by atoms with Crippen LogP contribution >= 0.6 is 23.2 Å². The van der Waals surface area contributed by atoms with Gasteiger partial charge in [-0.3, -0.25) is 5.41 Å². The van der Waals surface area contributed by atoms with Crippen LogP contribution in [0.2, 0.25) is 5.02 Å². The Morgan fingerprint density at radius 3 is 2.76 bits per heavy atom. The predicted molar refractivity (Wildman–Crippen MR) is 118 cm³/mol. The minimum atomic E-state index is -0.380. The Balaban J connectivity index is 1.83. The van der Waals surface area contributed by atoms with Crippen LogP contribution in [0.3, 0.4) is 0 Å². The highest BCUT2D eigenvalue weighted by Gasteiger charge is 2.31. The van der Waals surface area contributed by atoms with Crippen LogP contribution in [0, 0.1) is 18.2 Å². The summed E-state index contributed by atoms with van der Waals surface area (Å²) < 4.78 is 14.8. The molecule has 1 unspecified atom stereocenters. The molecular weight excluding hydrogens is 410 g/mol. The molecule has 1 aromatic heterocycles. The van der Waals surface area contributed by atoms with Gasteiger partial charge in [-0.25, -0.2) is 9.38 Å². The average molecular weight is 429 g/mol. The lowest BCUT2D eigenvalue weighted by molar-refractivity contribution is 0.344. The molecule has 2 N–H and O–H groups in total. The van der Waals surface area contributed by atoms with Crippen LogP contribution in [0.15, 0.2) is 53.7 Å². The van der Waals surface area contributed by atoms with Gasteiger partial charge in [0.15, 0.2) is 5.82 Å². The highest BCUT2D eigenvalue weighted by molar-refractivity contribution is 6.67. The lowest BCUT2D eigenvalue weighted by Gasteiger charge is -2.34. The number of fused-ring (bicyclic) bond motifs is 3. The number of nitrogens with zero attached hydrogens (tertiary/aromatic N) is 2. The number of halogens is 3. The lowest BCUT2D eigenvalue weighted by Crippen LogP contribution is -2.35. The Kier molecular flexibility index (Phi) is 5.43. The summed E-state index contributed by atoms with van der Waals surface area (Å²) >= 11 is 11.6. The van der Waals surface area contributed by atoms with E-state index in [4.69, 9.17) is 28.6 Å². The molecule has 2 aromatic carbocycles. The standard InChI is InChI=1S/C22H19Cl2FN4/c1-13-2-4-14(5-3-13)22-21-15(9-11-29(22)12-27-10-8-18(24)26)19-17(28-21)7-6-16(23)20(19)25/h2-8,10,12,22,26,28H,9,11H2,1H3/b10-8-,26-18?,27-12?. The number of allylic oxidation sites excluding steroid dienone is 1. The first kappa shape index (κ1) is 19.7. The Morgan fingerprint density at radius 1 is 1.28 bits per heavy atom. The highest BCUT2D eigenvalue weighted by atomic mass is 35.5. The fourth-order valence-corrected chi connectivity index (χ4v) is 4.01. The molecule has 1 aliphatic rings. The molecule has 3 aromatic rings. The summed E-state index contributed by atoms with van der Waals surface area (Å²) in [6.45, 7) is 2.71. The number of aromatic nitrogens is 1. The largest absolute Gasteiger partial charge is 0.356 e. The summed E-state index contributed by atoms with van der Waals surface area (Å²) in [4.78, 5) is 9.78. The van der Waals surface area contributed by atoms with Crippen LogP contribution < -0.4 is 0 Å². The zero-order valence-corrected chi connectivity index (χ0v) is 17.2. The molecule has 2 heterocycles. The van der Waals surface area contributed by atoms with Crippen LogP contribution in [0.25, 0.3) is 10.9 Å². The third-order valence-corrected chi connectivity index (χ3v) is 5.55. The SMILES string of the molecule is Cc1ccc(C2c3[nH]c4ccc(Cl)c(F)c4c3CCN2C=N/C=C\C(=N)Cl)cc1. The zero-order valence-electron chi connectivity index (χ0n) is 15.7. The van der Waals surface area contributed by atoms with Gasteiger partial charge in [-0.2, -0.15) is 0 Å². The molecular formula is C22H19Cl2FN4. The van der Waals surface area contributed by atoms with Crippen molar-refractivity contribution in [3.05, 3.63) is 81.9 Å². The molecule has 29 heavy (non-hydrogen) atoms. The zero-order chi connectivity index (χ0) is 20.5. The number of aliphatic imine (C=N–C) groups is 1. The van der Waals surface area contributed by atoms with E-state index < -0.39 is 0 Å². The summed E-state index contributed by atoms with van der Waals surface area (Å²) in [6, 6.07) is 11.5. The number of H-pyrrole nitrogens is 1. The Hall–Kier alpha value is -2.63. The van der Waals surface area contributed by atoms with E-state index in [9.17, 15) is 4.39 Å². The van der Waals surface area contributed by atoms with Gasteiger partial charge in [0.05, 0.1) is 17.4 Å². The quantitative estimate of drug-likeness (QED) is 0.389. The molecule has 0 saturated carbocycles. The number of aryl methyl sites for hydroxylation is 1. The van der Waals surface area contributed by atoms with E-state index in [2.05, 4.69) is 39.1 Å². The number of hydrogen-bond donors (Lipinski definition) is 2. The van der Waals surface area contributed by atoms with Gasteiger partial charge in [0.25, 0.3) is 0 Å². The van der Waals surface area contributed by atoms with Crippen LogP contribution in [-0.4, -0.2) is 27.9 Å². The van der Waals surface area contributed by atoms with E-state index in [1.165, 1.54) is 17.8 Å². The molecule has 0 aliphatic carbocycles. The normalized spacial score (nSPS) is 16.8. The third-order valence-electron chi connectivity index (χ3n) is 5.13. The second-order valence-corrected chi connectivity index (χ2v) is 7.84. The average Bonchev–Trinajstić information content (AvgIpc) is 3.08. The van der Waals surface area contributed by atoms with Gasteiger partial charge in [0.2, 0.25) is 0 Å². The van der Waals surface area contributed by atoms with Gasteiger partial charge >= 0.3 is 0 Å². The maximum atomic E-state index is 14.8. The number of benzene rings is 2. The molecule has 0 fully saturated rings. The van der Waals surface area contributed by atoms with Crippen molar-refractivity contribution in [1.82, 2.24) is 9.88 Å². The van der Waals surface area contributed by atoms with Gasteiger partial charge in [-0.05, 0) is 42.7 Å². The van der Waals surface area contributed by atoms with Gasteiger partial charge in [0.1, 0.15) is 5.17 Å². The van der Waals surface area contributed by atoms with E-state index in [1.54, 1.807) is 12.4 Å². The fraction of sp³-hybridized carbons (Fsp3) is 0.182. The minimum absolute atomic E-state index is 0.0823. The Labute approximate surface area is 178 Å². The minimum Gasteiger partial charge on any atom is -0.356 e. The van der Waals surface area contributed by atoms with Gasteiger partial charge in [0, 0.05) is 29.3 Å². The molecule has 0 saturated heterocycles. The topological polar surface area (TPSA) is 55.2 Å². The molecule has 1 atom stereocenters. The van der Waals surface area contributed by atoms with Crippen molar-refractivity contribution in [2.45, 2.75) is 19.4 Å². The molecule has 4 nitrogen and oxygen atoms in total. The van der Waals surface area contributed by atoms with Crippen LogP contribution in [0.1, 0.15) is 28.4 Å². The highest BCUT2D eigenvalue weighted by Crippen LogP contribution is 2.39. The van der Waals surface area contributed by atoms with Crippen LogP contribution in [0.5, 0.6) is 0 Å². The maximum absolute atomic E-state index is 14.8. The van der Waals surface area contributed by atoms with E-state index in [-0.39, 0.29) is 22.1 Å². The van der Waals surface area contributed by atoms with Crippen molar-refractivity contribution in [3.63, 3.8) is 0 Å². The third kappa shape index (κ3) is 3.80. The summed E-state index contributed by atoms with van der Waals surface area (Å²) in [5.41, 5.74) is 4.88. The molecule has 0 bridgehead atoms. The Morgan fingerprint density at radius 2 is 2.03 bits per heavy atom. The molecule has 7 heteroatoms. The smallest absolute Gasteiger partial charge is 0.151 e. The number of hydrogen-bond acceptors (Lipinski definition) is 2. The van der Waals surface area contributed by atoms with Crippen molar-refractivity contribution in [1.29, 1.82) is 5.41 Å². The van der Waals surface area contributed by atoms with Gasteiger partial charge < -0.3 is 9.88 Å². The molecule has 4 rings (SSSR count). The second kappa shape index (κ2) is 8.01. The predicted octanol–water partition coefficient (Wildman–Crippen LogP) is 5.97. The number of aromatic amines is 1. The molecule has 0 amide bonds. The van der Waals surface area contributed by atoms with Crippen molar-refractivity contribution in [3.8, 4) is 0 Å². The van der Waals surface area contributed by atoms with Crippen molar-refractivity contribution >= 4 is 45.6 Å². The summed E-state index contributed by atoms with van der Waals surface area (Å²) in [7, 11) is 0. The van der Waals surface area contributed by atoms with Crippen LogP contribution in [0.4, 0.5) is 4.39 Å². The van der Waals surface area contributed by atoms with E-state index in [0.717, 1.165) is 22.3 Å². The summed E-state index contributed by atoms with van der Waals surface area (Å²) in [5, 5.41) is 7.86. The lowest BCUT2D eigenvalue weighted by atomic mass is 9.92. The molecule has 148 valence electrons. The summed E-state index contributed by atoms with van der Waals surface area (Å²) in [6.07, 6.45) is 5.30. The van der Waals surface area contributed by atoms with Crippen LogP contribution in [-0.2, 0) is 6.42 Å². The first-order valence-electron chi connectivity index (χ1n) is 9.20. The van der Waals surface area contributed by atoms with Crippen molar-refractivity contribution < 1.29 is 4.39 Å². The monoisotopic (exact) mass is 428 g/mol. The van der Waals surface area contributed by atoms with E-state index in [1.807, 2.05) is 13.0 Å². The molecule has 0 spiro atoms. The summed E-state index contributed by atoms with van der Waals surface area (Å²) in [5.74, 6) is -0.380. The van der Waals surface area contributed by atoms with E-state index in [0.29, 0.717) is 18.4 Å².